The Morgan fingerprint density at radius 1 is 1.07 bits per heavy atom. The van der Waals surface area contributed by atoms with Crippen molar-refractivity contribution in [3.63, 3.8) is 0 Å². The van der Waals surface area contributed by atoms with E-state index in [-0.39, 0.29) is 21.8 Å². The fourth-order valence-corrected chi connectivity index (χ4v) is 3.67. The zero-order valence-corrected chi connectivity index (χ0v) is 17.5. The number of nitro benzene ring substituents is 1. The van der Waals surface area contributed by atoms with Gasteiger partial charge in [0.2, 0.25) is 0 Å². The Morgan fingerprint density at radius 2 is 1.71 bits per heavy atom. The van der Waals surface area contributed by atoms with Crippen molar-refractivity contribution in [3.05, 3.63) is 57.6 Å². The van der Waals surface area contributed by atoms with Gasteiger partial charge in [0.05, 0.1) is 15.5 Å². The van der Waals surface area contributed by atoms with Crippen LogP contribution in [0.3, 0.4) is 0 Å². The van der Waals surface area contributed by atoms with Crippen molar-refractivity contribution < 1.29 is 13.3 Å². The van der Waals surface area contributed by atoms with Gasteiger partial charge in [-0.25, -0.2) is 8.42 Å². The first-order valence-electron chi connectivity index (χ1n) is 8.76. The van der Waals surface area contributed by atoms with Gasteiger partial charge >= 0.3 is 0 Å². The number of anilines is 2. The SMILES string of the molecule is CNC(C)(C)CNc1ccc(S(=O)(=O)Nc2ccc(C)cc2C)cc1[N+](=O)[O-]. The Kier molecular flexibility index (Phi) is 6.30. The molecule has 0 amide bonds. The Balaban J connectivity index is 2.34. The Labute approximate surface area is 165 Å². The number of rotatable bonds is 8. The quantitative estimate of drug-likeness (QED) is 0.457. The molecule has 28 heavy (non-hydrogen) atoms. The first-order valence-corrected chi connectivity index (χ1v) is 10.2. The van der Waals surface area contributed by atoms with Crippen molar-refractivity contribution in [1.29, 1.82) is 0 Å². The molecule has 0 aliphatic heterocycles. The summed E-state index contributed by atoms with van der Waals surface area (Å²) in [6.07, 6.45) is 0. The zero-order chi connectivity index (χ0) is 21.1. The molecule has 0 bridgehead atoms. The van der Waals surface area contributed by atoms with Crippen LogP contribution in [0.25, 0.3) is 0 Å². The van der Waals surface area contributed by atoms with Crippen LogP contribution < -0.4 is 15.4 Å². The second-order valence-electron chi connectivity index (χ2n) is 7.35. The van der Waals surface area contributed by atoms with E-state index in [1.54, 1.807) is 26.1 Å². The standard InChI is InChI=1S/C19H26N4O4S/c1-13-6-8-16(14(2)10-13)22-28(26,27)15-7-9-17(18(11-15)23(24)25)21-12-19(3,4)20-5/h6-11,20-22H,12H2,1-5H3. The third kappa shape index (κ3) is 5.20. The van der Waals surface area contributed by atoms with E-state index in [1.165, 1.54) is 12.1 Å². The largest absolute Gasteiger partial charge is 0.378 e. The van der Waals surface area contributed by atoms with Gasteiger partial charge in [-0.2, -0.15) is 0 Å². The van der Waals surface area contributed by atoms with E-state index in [0.717, 1.165) is 17.2 Å². The maximum Gasteiger partial charge on any atom is 0.293 e. The van der Waals surface area contributed by atoms with Crippen molar-refractivity contribution in [1.82, 2.24) is 5.32 Å². The summed E-state index contributed by atoms with van der Waals surface area (Å²) in [6.45, 7) is 8.02. The molecule has 2 aromatic carbocycles. The number of aryl methyl sites for hydroxylation is 2. The molecule has 0 aliphatic rings. The van der Waals surface area contributed by atoms with E-state index in [2.05, 4.69) is 15.4 Å². The summed E-state index contributed by atoms with van der Waals surface area (Å²) in [5.41, 5.74) is 1.89. The molecule has 0 fully saturated rings. The molecular formula is C19H26N4O4S. The number of nitrogens with one attached hydrogen (secondary N) is 3. The Morgan fingerprint density at radius 3 is 2.29 bits per heavy atom. The fourth-order valence-electron chi connectivity index (χ4n) is 2.52. The molecule has 8 nitrogen and oxygen atoms in total. The third-order valence-corrected chi connectivity index (χ3v) is 5.86. The molecule has 9 heteroatoms. The van der Waals surface area contributed by atoms with Gasteiger partial charge < -0.3 is 10.6 Å². The van der Waals surface area contributed by atoms with Crippen LogP contribution in [0.5, 0.6) is 0 Å². The average molecular weight is 407 g/mol. The van der Waals surface area contributed by atoms with Crippen molar-refractivity contribution in [2.75, 3.05) is 23.6 Å². The highest BCUT2D eigenvalue weighted by molar-refractivity contribution is 7.92. The van der Waals surface area contributed by atoms with Crippen LogP contribution in [0, 0.1) is 24.0 Å². The lowest BCUT2D eigenvalue weighted by Gasteiger charge is -2.24. The smallest absolute Gasteiger partial charge is 0.293 e. The molecule has 0 spiro atoms. The van der Waals surface area contributed by atoms with Gasteiger partial charge in [0.15, 0.2) is 0 Å². The Hall–Kier alpha value is -2.65. The molecule has 0 aliphatic carbocycles. The molecular weight excluding hydrogens is 380 g/mol. The van der Waals surface area contributed by atoms with Crippen molar-refractivity contribution in [2.45, 2.75) is 38.1 Å². The summed E-state index contributed by atoms with van der Waals surface area (Å²) in [7, 11) is -2.17. The summed E-state index contributed by atoms with van der Waals surface area (Å²) in [5.74, 6) is 0. The zero-order valence-electron chi connectivity index (χ0n) is 16.7. The van der Waals surface area contributed by atoms with Gasteiger partial charge in [0.1, 0.15) is 5.69 Å². The van der Waals surface area contributed by atoms with Crippen molar-refractivity contribution in [2.24, 2.45) is 0 Å². The minimum atomic E-state index is -3.96. The van der Waals surface area contributed by atoms with E-state index in [1.807, 2.05) is 26.8 Å². The van der Waals surface area contributed by atoms with Crippen LogP contribution in [0.15, 0.2) is 41.3 Å². The second kappa shape index (κ2) is 8.15. The fraction of sp³-hybridized carbons (Fsp3) is 0.368. The third-order valence-electron chi connectivity index (χ3n) is 4.50. The predicted octanol–water partition coefficient (Wildman–Crippen LogP) is 3.42. The molecule has 3 N–H and O–H groups in total. The maximum absolute atomic E-state index is 12.7. The molecule has 0 saturated heterocycles. The monoisotopic (exact) mass is 406 g/mol. The number of hydrogen-bond donors (Lipinski definition) is 3. The molecule has 2 aromatic rings. The van der Waals surface area contributed by atoms with E-state index < -0.39 is 14.9 Å². The summed E-state index contributed by atoms with van der Waals surface area (Å²) < 4.78 is 27.9. The van der Waals surface area contributed by atoms with Crippen LogP contribution in [0.2, 0.25) is 0 Å². The normalized spacial score (nSPS) is 11.9. The highest BCUT2D eigenvalue weighted by atomic mass is 32.2. The second-order valence-corrected chi connectivity index (χ2v) is 9.03. The van der Waals surface area contributed by atoms with Crippen molar-refractivity contribution >= 4 is 27.1 Å². The molecule has 0 radical (unpaired) electrons. The van der Waals surface area contributed by atoms with Crippen LogP contribution in [0.4, 0.5) is 17.1 Å². The van der Waals surface area contributed by atoms with Crippen LogP contribution in [-0.2, 0) is 10.0 Å². The lowest BCUT2D eigenvalue weighted by molar-refractivity contribution is -0.384. The van der Waals surface area contributed by atoms with Crippen LogP contribution in [0.1, 0.15) is 25.0 Å². The summed E-state index contributed by atoms with van der Waals surface area (Å²) in [5, 5.41) is 17.6. The summed E-state index contributed by atoms with van der Waals surface area (Å²) in [6, 6.07) is 9.17. The first-order chi connectivity index (χ1) is 12.9. The lowest BCUT2D eigenvalue weighted by Crippen LogP contribution is -2.42. The Bertz CT molecular complexity index is 987. The van der Waals surface area contributed by atoms with Gasteiger partial charge in [-0.05, 0) is 58.5 Å². The number of benzene rings is 2. The summed E-state index contributed by atoms with van der Waals surface area (Å²) >= 11 is 0. The lowest BCUT2D eigenvalue weighted by atomic mass is 10.1. The highest BCUT2D eigenvalue weighted by Crippen LogP contribution is 2.29. The van der Waals surface area contributed by atoms with Gasteiger partial charge in [-0.3, -0.25) is 14.8 Å². The highest BCUT2D eigenvalue weighted by Gasteiger charge is 2.23. The minimum absolute atomic E-state index is 0.169. The molecule has 2 rings (SSSR count). The molecule has 0 atom stereocenters. The van der Waals surface area contributed by atoms with E-state index in [9.17, 15) is 18.5 Å². The number of likely N-dealkylation sites (N-methyl/N-ethyl adjacent to an activating group) is 1. The van der Waals surface area contributed by atoms with E-state index >= 15 is 0 Å². The average Bonchev–Trinajstić information content (AvgIpc) is 2.62. The van der Waals surface area contributed by atoms with Gasteiger partial charge in [0.25, 0.3) is 15.7 Å². The first kappa shape index (κ1) is 21.6. The number of sulfonamides is 1. The molecule has 0 heterocycles. The number of nitro groups is 1. The number of nitrogens with zero attached hydrogens (tertiary/aromatic N) is 1. The molecule has 0 unspecified atom stereocenters. The van der Waals surface area contributed by atoms with Crippen molar-refractivity contribution in [3.8, 4) is 0 Å². The minimum Gasteiger partial charge on any atom is -0.378 e. The van der Waals surface area contributed by atoms with Crippen LogP contribution >= 0.6 is 0 Å². The van der Waals surface area contributed by atoms with Gasteiger partial charge in [-0.1, -0.05) is 17.7 Å². The maximum atomic E-state index is 12.7. The van der Waals surface area contributed by atoms with Crippen LogP contribution in [-0.4, -0.2) is 32.5 Å². The van der Waals surface area contributed by atoms with Gasteiger partial charge in [-0.15, -0.1) is 0 Å². The molecule has 152 valence electrons. The topological polar surface area (TPSA) is 113 Å². The number of hydrogen-bond acceptors (Lipinski definition) is 6. The summed E-state index contributed by atoms with van der Waals surface area (Å²) in [4.78, 5) is 10.7. The van der Waals surface area contributed by atoms with E-state index in [0.29, 0.717) is 12.2 Å². The molecule has 0 saturated carbocycles. The predicted molar refractivity (Wildman–Crippen MR) is 111 cm³/mol. The molecule has 0 aromatic heterocycles. The van der Waals surface area contributed by atoms with E-state index in [4.69, 9.17) is 0 Å². The van der Waals surface area contributed by atoms with Gasteiger partial charge in [0, 0.05) is 18.2 Å².